The lowest BCUT2D eigenvalue weighted by molar-refractivity contribution is -0.0139. The maximum atomic E-state index is 5.54. The fourth-order valence-corrected chi connectivity index (χ4v) is 2.38. The Morgan fingerprint density at radius 1 is 0.414 bits per heavy atom. The molecule has 0 heterocycles. The normalized spacial score (nSPS) is 10.9. The van der Waals surface area contributed by atoms with Crippen LogP contribution in [0.1, 0.15) is 5.56 Å². The summed E-state index contributed by atoms with van der Waals surface area (Å²) in [5, 5.41) is 0. The lowest BCUT2D eigenvalue weighted by atomic mass is 10.2. The summed E-state index contributed by atoms with van der Waals surface area (Å²) in [6, 6.07) is 19.8. The first kappa shape index (κ1) is 23.3. The fraction of sp³-hybridized carbons (Fsp3) is 0.478. The van der Waals surface area contributed by atoms with Crippen molar-refractivity contribution in [1.82, 2.24) is 0 Å². The van der Waals surface area contributed by atoms with E-state index in [1.54, 1.807) is 0 Å². The van der Waals surface area contributed by atoms with Gasteiger partial charge in [-0.2, -0.15) is 0 Å². The zero-order valence-corrected chi connectivity index (χ0v) is 17.0. The second-order valence-electron chi connectivity index (χ2n) is 6.15. The van der Waals surface area contributed by atoms with E-state index in [-0.39, 0.29) is 0 Å². The SMILES string of the molecule is c1ccc(COCCOCCOCCOCCOCCOc2ccccc2)cc1. The molecule has 0 unspecified atom stereocenters. The molecule has 29 heavy (non-hydrogen) atoms. The monoisotopic (exact) mass is 404 g/mol. The van der Waals surface area contributed by atoms with Gasteiger partial charge in [0.2, 0.25) is 0 Å². The van der Waals surface area contributed by atoms with Crippen LogP contribution < -0.4 is 4.74 Å². The van der Waals surface area contributed by atoms with Crippen molar-refractivity contribution in [2.45, 2.75) is 6.61 Å². The number of ether oxygens (including phenoxy) is 6. The molecule has 0 N–H and O–H groups in total. The number of hydrogen-bond acceptors (Lipinski definition) is 6. The highest BCUT2D eigenvalue weighted by Gasteiger charge is 1.95. The van der Waals surface area contributed by atoms with Gasteiger partial charge in [-0.05, 0) is 17.7 Å². The first-order valence-electron chi connectivity index (χ1n) is 10.1. The third kappa shape index (κ3) is 13.0. The molecule has 0 saturated carbocycles. The first-order valence-corrected chi connectivity index (χ1v) is 10.1. The van der Waals surface area contributed by atoms with Crippen LogP contribution in [0.4, 0.5) is 0 Å². The van der Waals surface area contributed by atoms with Crippen molar-refractivity contribution in [3.63, 3.8) is 0 Å². The lowest BCUT2D eigenvalue weighted by Crippen LogP contribution is -2.14. The molecule has 6 heteroatoms. The molecule has 0 saturated heterocycles. The summed E-state index contributed by atoms with van der Waals surface area (Å²) in [6.07, 6.45) is 0. The van der Waals surface area contributed by atoms with Gasteiger partial charge in [-0.15, -0.1) is 0 Å². The van der Waals surface area contributed by atoms with Gasteiger partial charge in [0.15, 0.2) is 0 Å². The van der Waals surface area contributed by atoms with Crippen molar-refractivity contribution in [1.29, 1.82) is 0 Å². The molecule has 0 spiro atoms. The molecule has 2 aromatic carbocycles. The Morgan fingerprint density at radius 3 is 1.34 bits per heavy atom. The average molecular weight is 405 g/mol. The standard InChI is InChI=1S/C23H32O6/c1-3-7-22(8-4-1)21-28-18-17-26-14-13-24-11-12-25-15-16-27-19-20-29-23-9-5-2-6-10-23/h1-10H,11-21H2. The van der Waals surface area contributed by atoms with Crippen LogP contribution in [0.25, 0.3) is 0 Å². The first-order chi connectivity index (χ1) is 14.4. The van der Waals surface area contributed by atoms with E-state index in [1.165, 1.54) is 5.56 Å². The van der Waals surface area contributed by atoms with Crippen LogP contribution in [-0.2, 0) is 30.3 Å². The topological polar surface area (TPSA) is 55.4 Å². The van der Waals surface area contributed by atoms with Crippen LogP contribution in [0, 0.1) is 0 Å². The summed E-state index contributed by atoms with van der Waals surface area (Å²) >= 11 is 0. The minimum absolute atomic E-state index is 0.532. The van der Waals surface area contributed by atoms with E-state index < -0.39 is 0 Å². The average Bonchev–Trinajstić information content (AvgIpc) is 2.77. The van der Waals surface area contributed by atoms with Gasteiger partial charge >= 0.3 is 0 Å². The minimum Gasteiger partial charge on any atom is -0.491 e. The van der Waals surface area contributed by atoms with Gasteiger partial charge in [0.25, 0.3) is 0 Å². The molecule has 0 aromatic heterocycles. The highest BCUT2D eigenvalue weighted by atomic mass is 16.6. The fourth-order valence-electron chi connectivity index (χ4n) is 2.38. The quantitative estimate of drug-likeness (QED) is 0.355. The van der Waals surface area contributed by atoms with Gasteiger partial charge in [-0.3, -0.25) is 0 Å². The van der Waals surface area contributed by atoms with Crippen LogP contribution in [0.3, 0.4) is 0 Å². The van der Waals surface area contributed by atoms with Crippen LogP contribution in [0.15, 0.2) is 60.7 Å². The number of hydrogen-bond donors (Lipinski definition) is 0. The van der Waals surface area contributed by atoms with Gasteiger partial charge in [0.1, 0.15) is 12.4 Å². The number of rotatable bonds is 18. The summed E-state index contributed by atoms with van der Waals surface area (Å²) in [7, 11) is 0. The molecule has 0 atom stereocenters. The predicted octanol–water partition coefficient (Wildman–Crippen LogP) is 3.35. The Kier molecular flexibility index (Phi) is 13.6. The molecular weight excluding hydrogens is 372 g/mol. The molecule has 0 fully saturated rings. The maximum absolute atomic E-state index is 5.54. The Hall–Kier alpha value is -1.96. The zero-order valence-electron chi connectivity index (χ0n) is 17.0. The van der Waals surface area contributed by atoms with E-state index in [4.69, 9.17) is 28.4 Å². The van der Waals surface area contributed by atoms with Gasteiger partial charge in [0.05, 0.1) is 66.1 Å². The second-order valence-corrected chi connectivity index (χ2v) is 6.15. The molecule has 2 aromatic rings. The number of benzene rings is 2. The summed E-state index contributed by atoms with van der Waals surface area (Å²) in [5.74, 6) is 0.855. The Balaban J connectivity index is 1.24. The lowest BCUT2D eigenvalue weighted by Gasteiger charge is -2.08. The molecular formula is C23H32O6. The van der Waals surface area contributed by atoms with Crippen molar-refractivity contribution >= 4 is 0 Å². The van der Waals surface area contributed by atoms with Crippen molar-refractivity contribution in [3.8, 4) is 5.75 Å². The summed E-state index contributed by atoms with van der Waals surface area (Å²) in [5.41, 5.74) is 1.17. The van der Waals surface area contributed by atoms with Crippen LogP contribution >= 0.6 is 0 Å². The van der Waals surface area contributed by atoms with Gasteiger partial charge in [-0.1, -0.05) is 48.5 Å². The largest absolute Gasteiger partial charge is 0.491 e. The van der Waals surface area contributed by atoms with Crippen LogP contribution in [-0.4, -0.2) is 66.1 Å². The Bertz CT molecular complexity index is 539. The molecule has 0 bridgehead atoms. The zero-order chi connectivity index (χ0) is 20.2. The van der Waals surface area contributed by atoms with Crippen LogP contribution in [0.2, 0.25) is 0 Å². The molecule has 0 aliphatic carbocycles. The molecule has 0 amide bonds. The molecule has 6 nitrogen and oxygen atoms in total. The predicted molar refractivity (Wildman–Crippen MR) is 111 cm³/mol. The van der Waals surface area contributed by atoms with E-state index in [2.05, 4.69) is 0 Å². The maximum Gasteiger partial charge on any atom is 0.119 e. The summed E-state index contributed by atoms with van der Waals surface area (Å²) < 4.78 is 32.9. The molecule has 0 aliphatic rings. The van der Waals surface area contributed by atoms with Gasteiger partial charge < -0.3 is 28.4 Å². The van der Waals surface area contributed by atoms with E-state index in [0.29, 0.717) is 72.7 Å². The highest BCUT2D eigenvalue weighted by Crippen LogP contribution is 2.07. The molecule has 0 radical (unpaired) electrons. The second kappa shape index (κ2) is 16.9. The third-order valence-corrected chi connectivity index (χ3v) is 3.84. The van der Waals surface area contributed by atoms with Crippen molar-refractivity contribution in [3.05, 3.63) is 66.2 Å². The van der Waals surface area contributed by atoms with E-state index >= 15 is 0 Å². The van der Waals surface area contributed by atoms with Gasteiger partial charge in [-0.25, -0.2) is 0 Å². The third-order valence-electron chi connectivity index (χ3n) is 3.84. The van der Waals surface area contributed by atoms with Crippen molar-refractivity contribution in [2.75, 3.05) is 66.1 Å². The van der Waals surface area contributed by atoms with E-state index in [1.807, 2.05) is 60.7 Å². The number of para-hydroxylation sites is 1. The van der Waals surface area contributed by atoms with Gasteiger partial charge in [0, 0.05) is 0 Å². The molecule has 160 valence electrons. The summed E-state index contributed by atoms with van der Waals surface area (Å²) in [4.78, 5) is 0. The highest BCUT2D eigenvalue weighted by molar-refractivity contribution is 5.20. The molecule has 2 rings (SSSR count). The van der Waals surface area contributed by atoms with Crippen molar-refractivity contribution in [2.24, 2.45) is 0 Å². The molecule has 0 aliphatic heterocycles. The van der Waals surface area contributed by atoms with Crippen molar-refractivity contribution < 1.29 is 28.4 Å². The Labute approximate surface area is 173 Å². The Morgan fingerprint density at radius 2 is 0.828 bits per heavy atom. The smallest absolute Gasteiger partial charge is 0.119 e. The summed E-state index contributed by atoms with van der Waals surface area (Å²) in [6.45, 7) is 6.12. The van der Waals surface area contributed by atoms with E-state index in [9.17, 15) is 0 Å². The van der Waals surface area contributed by atoms with E-state index in [0.717, 1.165) is 5.75 Å². The van der Waals surface area contributed by atoms with Crippen LogP contribution in [0.5, 0.6) is 5.75 Å². The minimum atomic E-state index is 0.532.